The molecule has 0 aliphatic heterocycles. The molecular formula is C18H23N3O. The Morgan fingerprint density at radius 1 is 1.32 bits per heavy atom. The first-order chi connectivity index (χ1) is 10.6. The molecule has 1 saturated carbocycles. The minimum atomic E-state index is 0.0623. The Labute approximate surface area is 131 Å². The Morgan fingerprint density at radius 2 is 2.09 bits per heavy atom. The summed E-state index contributed by atoms with van der Waals surface area (Å²) in [5, 5.41) is 3.17. The van der Waals surface area contributed by atoms with E-state index in [0.29, 0.717) is 12.6 Å². The minimum Gasteiger partial charge on any atom is -0.349 e. The van der Waals surface area contributed by atoms with Gasteiger partial charge in [-0.2, -0.15) is 0 Å². The van der Waals surface area contributed by atoms with Gasteiger partial charge in [-0.15, -0.1) is 0 Å². The highest BCUT2D eigenvalue weighted by molar-refractivity contribution is 5.95. The molecule has 1 aliphatic carbocycles. The fourth-order valence-corrected chi connectivity index (χ4v) is 3.26. The molecule has 1 fully saturated rings. The van der Waals surface area contributed by atoms with Crippen LogP contribution in [0.5, 0.6) is 0 Å². The smallest absolute Gasteiger partial charge is 0.253 e. The molecule has 2 aromatic rings. The Bertz CT molecular complexity index is 654. The minimum absolute atomic E-state index is 0.0623. The maximum Gasteiger partial charge on any atom is 0.253 e. The van der Waals surface area contributed by atoms with E-state index in [0.717, 1.165) is 35.5 Å². The van der Waals surface area contributed by atoms with Crippen molar-refractivity contribution >= 4 is 5.91 Å². The fraction of sp³-hybridized carbons (Fsp3) is 0.444. The van der Waals surface area contributed by atoms with Crippen LogP contribution in [0.3, 0.4) is 0 Å². The fourth-order valence-electron chi connectivity index (χ4n) is 3.26. The van der Waals surface area contributed by atoms with E-state index >= 15 is 0 Å². The third-order valence-electron chi connectivity index (χ3n) is 4.55. The van der Waals surface area contributed by atoms with Gasteiger partial charge in [0.2, 0.25) is 0 Å². The van der Waals surface area contributed by atoms with E-state index in [-0.39, 0.29) is 5.91 Å². The van der Waals surface area contributed by atoms with Crippen molar-refractivity contribution in [3.05, 3.63) is 53.1 Å². The Kier molecular flexibility index (Phi) is 4.27. The molecular weight excluding hydrogens is 274 g/mol. The molecule has 116 valence electrons. The summed E-state index contributed by atoms with van der Waals surface area (Å²) in [6.07, 6.45) is 6.47. The van der Waals surface area contributed by atoms with Crippen molar-refractivity contribution in [1.82, 2.24) is 14.9 Å². The molecule has 0 spiro atoms. The Balaban J connectivity index is 1.78. The van der Waals surface area contributed by atoms with Crippen molar-refractivity contribution in [2.75, 3.05) is 0 Å². The molecule has 22 heavy (non-hydrogen) atoms. The molecule has 0 radical (unpaired) electrons. The number of rotatable bonds is 4. The van der Waals surface area contributed by atoms with Gasteiger partial charge in [-0.3, -0.25) is 9.78 Å². The summed E-state index contributed by atoms with van der Waals surface area (Å²) < 4.78 is 2.16. The van der Waals surface area contributed by atoms with Gasteiger partial charge in [0, 0.05) is 23.6 Å². The molecule has 1 aliphatic rings. The number of aryl methyl sites for hydroxylation is 1. The molecule has 4 nitrogen and oxygen atoms in total. The van der Waals surface area contributed by atoms with Gasteiger partial charge in [-0.1, -0.05) is 18.9 Å². The lowest BCUT2D eigenvalue weighted by molar-refractivity contribution is 0.0937. The third kappa shape index (κ3) is 3.06. The third-order valence-corrected chi connectivity index (χ3v) is 4.55. The summed E-state index contributed by atoms with van der Waals surface area (Å²) in [5.41, 5.74) is 3.91. The van der Waals surface area contributed by atoms with Gasteiger partial charge < -0.3 is 9.88 Å². The number of carbonyl (C=O) groups is 1. The second-order valence-electron chi connectivity index (χ2n) is 6.15. The van der Waals surface area contributed by atoms with E-state index < -0.39 is 0 Å². The first-order valence-electron chi connectivity index (χ1n) is 8.02. The quantitative estimate of drug-likeness (QED) is 0.942. The van der Waals surface area contributed by atoms with E-state index in [1.165, 1.54) is 12.8 Å². The molecule has 2 aromatic heterocycles. The van der Waals surface area contributed by atoms with Crippen molar-refractivity contribution in [2.45, 2.75) is 52.1 Å². The molecule has 0 aromatic carbocycles. The number of amides is 1. The van der Waals surface area contributed by atoms with E-state index in [2.05, 4.69) is 14.9 Å². The van der Waals surface area contributed by atoms with Gasteiger partial charge in [-0.25, -0.2) is 0 Å². The number of pyridine rings is 1. The van der Waals surface area contributed by atoms with Crippen LogP contribution in [-0.4, -0.2) is 21.5 Å². The van der Waals surface area contributed by atoms with Crippen LogP contribution in [-0.2, 0) is 6.54 Å². The average molecular weight is 297 g/mol. The van der Waals surface area contributed by atoms with E-state index in [1.807, 2.05) is 38.1 Å². The summed E-state index contributed by atoms with van der Waals surface area (Å²) in [4.78, 5) is 16.9. The Hall–Kier alpha value is -2.10. The van der Waals surface area contributed by atoms with Crippen LogP contribution < -0.4 is 5.32 Å². The van der Waals surface area contributed by atoms with Crippen LogP contribution in [0.15, 0.2) is 30.5 Å². The molecule has 1 N–H and O–H groups in total. The topological polar surface area (TPSA) is 46.9 Å². The largest absolute Gasteiger partial charge is 0.349 e. The monoisotopic (exact) mass is 297 g/mol. The maximum atomic E-state index is 12.5. The van der Waals surface area contributed by atoms with Gasteiger partial charge in [0.15, 0.2) is 0 Å². The van der Waals surface area contributed by atoms with Crippen LogP contribution in [0.2, 0.25) is 0 Å². The highest BCUT2D eigenvalue weighted by atomic mass is 16.1. The zero-order valence-electron chi connectivity index (χ0n) is 13.3. The number of hydrogen-bond donors (Lipinski definition) is 1. The first kappa shape index (κ1) is 14.8. The lowest BCUT2D eigenvalue weighted by atomic mass is 10.2. The van der Waals surface area contributed by atoms with E-state index in [9.17, 15) is 4.79 Å². The molecule has 2 heterocycles. The zero-order valence-corrected chi connectivity index (χ0v) is 13.3. The van der Waals surface area contributed by atoms with Crippen LogP contribution in [0.4, 0.5) is 0 Å². The van der Waals surface area contributed by atoms with Gasteiger partial charge in [0.05, 0.1) is 17.8 Å². The lowest BCUT2D eigenvalue weighted by Gasteiger charge is -2.12. The summed E-state index contributed by atoms with van der Waals surface area (Å²) in [6.45, 7) is 4.76. The lowest BCUT2D eigenvalue weighted by Crippen LogP contribution is -2.32. The molecule has 1 amide bonds. The van der Waals surface area contributed by atoms with Crippen molar-refractivity contribution in [3.8, 4) is 0 Å². The summed E-state index contributed by atoms with van der Waals surface area (Å²) >= 11 is 0. The summed E-state index contributed by atoms with van der Waals surface area (Å²) in [7, 11) is 0. The maximum absolute atomic E-state index is 12.5. The van der Waals surface area contributed by atoms with Crippen molar-refractivity contribution in [2.24, 2.45) is 0 Å². The number of nitrogens with zero attached hydrogens (tertiary/aromatic N) is 2. The van der Waals surface area contributed by atoms with Crippen molar-refractivity contribution in [3.63, 3.8) is 0 Å². The van der Waals surface area contributed by atoms with Crippen LogP contribution in [0.1, 0.15) is 53.1 Å². The second kappa shape index (κ2) is 6.34. The summed E-state index contributed by atoms with van der Waals surface area (Å²) in [5.74, 6) is 0.0623. The molecule has 0 atom stereocenters. The predicted molar refractivity (Wildman–Crippen MR) is 87.0 cm³/mol. The SMILES string of the molecule is Cc1cc(C(=O)NC2CCCC2)c(C)n1Cc1ccccn1. The van der Waals surface area contributed by atoms with Crippen molar-refractivity contribution < 1.29 is 4.79 Å². The Morgan fingerprint density at radius 3 is 2.77 bits per heavy atom. The van der Waals surface area contributed by atoms with Gasteiger partial charge in [-0.05, 0) is 44.9 Å². The first-order valence-corrected chi connectivity index (χ1v) is 8.02. The van der Waals surface area contributed by atoms with Gasteiger partial charge in [0.1, 0.15) is 0 Å². The van der Waals surface area contributed by atoms with E-state index in [1.54, 1.807) is 6.20 Å². The molecule has 0 saturated heterocycles. The number of aromatic nitrogens is 2. The molecule has 0 bridgehead atoms. The van der Waals surface area contributed by atoms with Crippen molar-refractivity contribution in [1.29, 1.82) is 0 Å². The number of hydrogen-bond acceptors (Lipinski definition) is 2. The number of carbonyl (C=O) groups excluding carboxylic acids is 1. The van der Waals surface area contributed by atoms with Crippen LogP contribution in [0.25, 0.3) is 0 Å². The second-order valence-corrected chi connectivity index (χ2v) is 6.15. The molecule has 0 unspecified atom stereocenters. The molecule has 3 rings (SSSR count). The van der Waals surface area contributed by atoms with Gasteiger partial charge >= 0.3 is 0 Å². The normalized spacial score (nSPS) is 15.2. The van der Waals surface area contributed by atoms with E-state index in [4.69, 9.17) is 0 Å². The highest BCUT2D eigenvalue weighted by Crippen LogP contribution is 2.20. The summed E-state index contributed by atoms with van der Waals surface area (Å²) in [6, 6.07) is 8.26. The van der Waals surface area contributed by atoms with Crippen LogP contribution in [0, 0.1) is 13.8 Å². The predicted octanol–water partition coefficient (Wildman–Crippen LogP) is 3.22. The van der Waals surface area contributed by atoms with Crippen LogP contribution >= 0.6 is 0 Å². The van der Waals surface area contributed by atoms with Gasteiger partial charge in [0.25, 0.3) is 5.91 Å². The highest BCUT2D eigenvalue weighted by Gasteiger charge is 2.21. The standard InChI is InChI=1S/C18H23N3O/c1-13-11-17(18(22)20-15-7-3-4-8-15)14(2)21(13)12-16-9-5-6-10-19-16/h5-6,9-11,15H,3-4,7-8,12H2,1-2H3,(H,20,22). The zero-order chi connectivity index (χ0) is 15.5. The number of nitrogens with one attached hydrogen (secondary N) is 1. The average Bonchev–Trinajstić information content (AvgIpc) is 3.11. The molecule has 4 heteroatoms.